The molecule has 25 heavy (non-hydrogen) atoms. The van der Waals surface area contributed by atoms with Crippen LogP contribution in [0.2, 0.25) is 0 Å². The second-order valence-electron chi connectivity index (χ2n) is 8.97. The number of cyclic esters (lactones) is 1. The molecule has 2 N–H and O–H groups in total. The number of esters is 1. The van der Waals surface area contributed by atoms with Gasteiger partial charge in [-0.3, -0.25) is 0 Å². The Bertz CT molecular complexity index is 686. The van der Waals surface area contributed by atoms with E-state index in [1.165, 1.54) is 6.21 Å². The van der Waals surface area contributed by atoms with Crippen molar-refractivity contribution in [2.24, 2.45) is 22.7 Å². The first-order valence-corrected chi connectivity index (χ1v) is 9.39. The Kier molecular flexibility index (Phi) is 3.56. The van der Waals surface area contributed by atoms with Gasteiger partial charge in [-0.25, -0.2) is 4.79 Å². The summed E-state index contributed by atoms with van der Waals surface area (Å²) in [6.45, 7) is 6.96. The third kappa shape index (κ3) is 2.14. The smallest absolute Gasteiger partial charge is 0.336 e. The average molecular weight is 344 g/mol. The summed E-state index contributed by atoms with van der Waals surface area (Å²) in [5.41, 5.74) is 0.738. The van der Waals surface area contributed by atoms with Gasteiger partial charge in [-0.05, 0) is 69.3 Å². The molecule has 5 nitrogen and oxygen atoms in total. The van der Waals surface area contributed by atoms with E-state index >= 15 is 0 Å². The van der Waals surface area contributed by atoms with Gasteiger partial charge in [0.2, 0.25) is 0 Å². The minimum Gasteiger partial charge on any atom is -0.458 e. The molecule has 0 aromatic heterocycles. The normalized spacial score (nSPS) is 49.2. The summed E-state index contributed by atoms with van der Waals surface area (Å²) in [6, 6.07) is 0. The van der Waals surface area contributed by atoms with E-state index in [1.54, 1.807) is 0 Å². The molecule has 0 radical (unpaired) electrons. The van der Waals surface area contributed by atoms with Crippen molar-refractivity contribution < 1.29 is 14.3 Å². The highest BCUT2D eigenvalue weighted by molar-refractivity contribution is 6.01. The molecule has 0 spiro atoms. The molecule has 4 rings (SSSR count). The lowest BCUT2D eigenvalue weighted by Gasteiger charge is -2.60. The highest BCUT2D eigenvalue weighted by Gasteiger charge is 2.64. The van der Waals surface area contributed by atoms with Crippen LogP contribution in [0, 0.1) is 33.5 Å². The molecule has 0 amide bonds. The van der Waals surface area contributed by atoms with E-state index in [0.29, 0.717) is 29.7 Å². The fourth-order valence-electron chi connectivity index (χ4n) is 6.34. The third-order valence-electron chi connectivity index (χ3n) is 7.81. The lowest BCUT2D eigenvalue weighted by Crippen LogP contribution is -2.59. The standard InChI is InChI=1S/C20H28N2O3/c1-18-7-5-16(22)19(2,11-21)14(18)4-8-20(3)15(18)10-13(25-20)12-6-9-24-17(12)23/h6,11,13-15,21-22H,4-5,7-10H2,1-3H3/t13-,14-,15-,18+,19-,20+/m0/s1. The Morgan fingerprint density at radius 1 is 1.24 bits per heavy atom. The van der Waals surface area contributed by atoms with Gasteiger partial charge in [0.25, 0.3) is 0 Å². The van der Waals surface area contributed by atoms with Crippen LogP contribution in [0.4, 0.5) is 0 Å². The van der Waals surface area contributed by atoms with Crippen molar-refractivity contribution >= 4 is 17.9 Å². The minimum absolute atomic E-state index is 0.0294. The maximum atomic E-state index is 12.0. The highest BCUT2D eigenvalue weighted by atomic mass is 16.5. The number of carbonyl (C=O) groups excluding carboxylic acids is 1. The molecule has 4 aliphatic rings. The second-order valence-corrected chi connectivity index (χ2v) is 8.97. The number of fused-ring (bicyclic) bond motifs is 3. The fourth-order valence-corrected chi connectivity index (χ4v) is 6.34. The van der Waals surface area contributed by atoms with Gasteiger partial charge in [0.1, 0.15) is 6.61 Å². The Morgan fingerprint density at radius 3 is 2.64 bits per heavy atom. The molecule has 136 valence electrons. The van der Waals surface area contributed by atoms with E-state index in [0.717, 1.165) is 32.1 Å². The maximum Gasteiger partial charge on any atom is 0.336 e. The van der Waals surface area contributed by atoms with Gasteiger partial charge in [-0.1, -0.05) is 6.92 Å². The number of rotatable bonds is 2. The summed E-state index contributed by atoms with van der Waals surface area (Å²) in [5.74, 6) is 0.401. The van der Waals surface area contributed by atoms with Gasteiger partial charge in [0.15, 0.2) is 0 Å². The van der Waals surface area contributed by atoms with Crippen molar-refractivity contribution in [2.45, 2.75) is 64.6 Å². The molecule has 2 aliphatic heterocycles. The van der Waals surface area contributed by atoms with Crippen molar-refractivity contribution in [2.75, 3.05) is 6.61 Å². The van der Waals surface area contributed by atoms with Crippen LogP contribution < -0.4 is 0 Å². The van der Waals surface area contributed by atoms with Crippen LogP contribution in [0.1, 0.15) is 52.9 Å². The number of hydrogen-bond donors (Lipinski definition) is 2. The van der Waals surface area contributed by atoms with Gasteiger partial charge in [0, 0.05) is 17.3 Å². The fraction of sp³-hybridized carbons (Fsp3) is 0.750. The first kappa shape index (κ1) is 17.0. The van der Waals surface area contributed by atoms with Crippen molar-refractivity contribution in [3.8, 4) is 0 Å². The molecular weight excluding hydrogens is 316 g/mol. The first-order valence-electron chi connectivity index (χ1n) is 9.39. The van der Waals surface area contributed by atoms with Crippen LogP contribution in [0.25, 0.3) is 0 Å². The summed E-state index contributed by atoms with van der Waals surface area (Å²) in [5, 5.41) is 16.4. The number of nitrogens with one attached hydrogen (secondary N) is 2. The van der Waals surface area contributed by atoms with E-state index in [9.17, 15) is 4.79 Å². The zero-order chi connectivity index (χ0) is 18.0. The molecule has 1 saturated heterocycles. The summed E-state index contributed by atoms with van der Waals surface area (Å²) in [4.78, 5) is 12.0. The van der Waals surface area contributed by atoms with Crippen molar-refractivity contribution in [1.82, 2.24) is 0 Å². The van der Waals surface area contributed by atoms with Crippen LogP contribution >= 0.6 is 0 Å². The zero-order valence-corrected chi connectivity index (χ0v) is 15.4. The molecule has 3 fully saturated rings. The SMILES string of the molecule is C[C@@]12CCC(=N)[C@@](C)(C=N)[C@H]1CC[C@@]1(C)O[C@H](C3=CCOC3=O)C[C@@H]21. The van der Waals surface area contributed by atoms with E-state index in [4.69, 9.17) is 20.3 Å². The molecule has 0 aromatic rings. The Hall–Kier alpha value is -1.49. The first-order chi connectivity index (χ1) is 11.7. The maximum absolute atomic E-state index is 12.0. The number of ether oxygens (including phenoxy) is 2. The zero-order valence-electron chi connectivity index (χ0n) is 15.4. The summed E-state index contributed by atoms with van der Waals surface area (Å²) < 4.78 is 11.6. The van der Waals surface area contributed by atoms with Crippen molar-refractivity contribution in [3.05, 3.63) is 11.6 Å². The monoisotopic (exact) mass is 344 g/mol. The molecular formula is C20H28N2O3. The number of hydrogen-bond acceptors (Lipinski definition) is 5. The molecule has 6 atom stereocenters. The molecule has 2 saturated carbocycles. The lowest BCUT2D eigenvalue weighted by atomic mass is 9.45. The largest absolute Gasteiger partial charge is 0.458 e. The molecule has 2 heterocycles. The quantitative estimate of drug-likeness (QED) is 0.594. The van der Waals surface area contributed by atoms with E-state index in [2.05, 4.69) is 20.8 Å². The van der Waals surface area contributed by atoms with Crippen LogP contribution in [0.5, 0.6) is 0 Å². The van der Waals surface area contributed by atoms with E-state index < -0.39 is 5.41 Å². The van der Waals surface area contributed by atoms with E-state index in [-0.39, 0.29) is 23.1 Å². The molecule has 0 aromatic carbocycles. The minimum atomic E-state index is -0.446. The van der Waals surface area contributed by atoms with Gasteiger partial charge in [-0.15, -0.1) is 0 Å². The molecule has 0 unspecified atom stereocenters. The summed E-state index contributed by atoms with van der Waals surface area (Å²) in [6.07, 6.45) is 7.65. The highest BCUT2D eigenvalue weighted by Crippen LogP contribution is 2.65. The van der Waals surface area contributed by atoms with Crippen molar-refractivity contribution in [3.63, 3.8) is 0 Å². The number of carbonyl (C=O) groups is 1. The van der Waals surface area contributed by atoms with Gasteiger partial charge in [-0.2, -0.15) is 0 Å². The van der Waals surface area contributed by atoms with Crippen molar-refractivity contribution in [1.29, 1.82) is 10.8 Å². The third-order valence-corrected chi connectivity index (χ3v) is 7.81. The lowest BCUT2D eigenvalue weighted by molar-refractivity contribution is -0.140. The Balaban J connectivity index is 1.69. The van der Waals surface area contributed by atoms with Crippen LogP contribution in [-0.4, -0.2) is 36.2 Å². The predicted molar refractivity (Wildman–Crippen MR) is 95.1 cm³/mol. The molecule has 5 heteroatoms. The van der Waals surface area contributed by atoms with Gasteiger partial charge < -0.3 is 20.3 Å². The van der Waals surface area contributed by atoms with Crippen LogP contribution in [-0.2, 0) is 14.3 Å². The van der Waals surface area contributed by atoms with Crippen LogP contribution in [0.15, 0.2) is 11.6 Å². The summed E-state index contributed by atoms with van der Waals surface area (Å²) in [7, 11) is 0. The average Bonchev–Trinajstić information content (AvgIpc) is 3.15. The Labute approximate surface area is 149 Å². The van der Waals surface area contributed by atoms with Crippen LogP contribution in [0.3, 0.4) is 0 Å². The van der Waals surface area contributed by atoms with Gasteiger partial charge in [0.05, 0.1) is 17.3 Å². The Morgan fingerprint density at radius 2 is 2.00 bits per heavy atom. The predicted octanol–water partition coefficient (Wildman–Crippen LogP) is 3.52. The van der Waals surface area contributed by atoms with E-state index in [1.807, 2.05) is 6.08 Å². The molecule has 2 aliphatic carbocycles. The second kappa shape index (κ2) is 5.26. The molecule has 0 bridgehead atoms. The topological polar surface area (TPSA) is 83.2 Å². The summed E-state index contributed by atoms with van der Waals surface area (Å²) >= 11 is 0. The van der Waals surface area contributed by atoms with Gasteiger partial charge >= 0.3 is 5.97 Å².